The van der Waals surface area contributed by atoms with Gasteiger partial charge in [0.25, 0.3) is 0 Å². The first-order chi connectivity index (χ1) is 6.77. The molecule has 0 radical (unpaired) electrons. The third kappa shape index (κ3) is 2.10. The molecule has 1 aliphatic rings. The van der Waals surface area contributed by atoms with Crippen LogP contribution in [0.3, 0.4) is 0 Å². The Labute approximate surface area is 93.4 Å². The summed E-state index contributed by atoms with van der Waals surface area (Å²) in [5, 5.41) is 3.36. The summed E-state index contributed by atoms with van der Waals surface area (Å²) in [5.41, 5.74) is 2.65. The maximum absolute atomic E-state index is 3.60. The van der Waals surface area contributed by atoms with E-state index >= 15 is 0 Å². The van der Waals surface area contributed by atoms with Gasteiger partial charge < -0.3 is 10.2 Å². The summed E-state index contributed by atoms with van der Waals surface area (Å²) >= 11 is 3.60. The topological polar surface area (TPSA) is 15.3 Å². The van der Waals surface area contributed by atoms with Crippen molar-refractivity contribution < 1.29 is 0 Å². The van der Waals surface area contributed by atoms with Crippen LogP contribution in [0.5, 0.6) is 0 Å². The lowest BCUT2D eigenvalue weighted by Crippen LogP contribution is -2.43. The molecule has 14 heavy (non-hydrogen) atoms. The monoisotopic (exact) mass is 254 g/mol. The normalized spacial score (nSPS) is 17.1. The molecule has 0 unspecified atom stereocenters. The molecule has 0 saturated carbocycles. The Morgan fingerprint density at radius 2 is 2.00 bits per heavy atom. The summed E-state index contributed by atoms with van der Waals surface area (Å²) in [6, 6.07) is 6.51. The molecule has 1 fully saturated rings. The van der Waals surface area contributed by atoms with Gasteiger partial charge in [-0.3, -0.25) is 0 Å². The van der Waals surface area contributed by atoms with Gasteiger partial charge in [0.2, 0.25) is 0 Å². The van der Waals surface area contributed by atoms with Gasteiger partial charge in [-0.25, -0.2) is 0 Å². The molecule has 1 aliphatic heterocycles. The summed E-state index contributed by atoms with van der Waals surface area (Å²) < 4.78 is 1.20. The second-order valence-electron chi connectivity index (χ2n) is 3.69. The van der Waals surface area contributed by atoms with E-state index in [1.807, 2.05) is 0 Å². The van der Waals surface area contributed by atoms with E-state index in [1.54, 1.807) is 0 Å². The standard InChI is InChI=1S/C11H15BrN2/c1-9-2-3-10(12)11(8-9)14-6-4-13-5-7-14/h2-3,8,13H,4-7H2,1H3. The number of anilines is 1. The lowest BCUT2D eigenvalue weighted by molar-refractivity contribution is 0.588. The lowest BCUT2D eigenvalue weighted by Gasteiger charge is -2.30. The Morgan fingerprint density at radius 3 is 2.71 bits per heavy atom. The minimum absolute atomic E-state index is 1.08. The summed E-state index contributed by atoms with van der Waals surface area (Å²) in [7, 11) is 0. The molecule has 0 bridgehead atoms. The number of piperazine rings is 1. The van der Waals surface area contributed by atoms with Gasteiger partial charge in [0, 0.05) is 30.7 Å². The predicted octanol–water partition coefficient (Wildman–Crippen LogP) is 2.17. The summed E-state index contributed by atoms with van der Waals surface area (Å²) in [5.74, 6) is 0. The van der Waals surface area contributed by atoms with E-state index in [9.17, 15) is 0 Å². The van der Waals surface area contributed by atoms with E-state index in [-0.39, 0.29) is 0 Å². The summed E-state index contributed by atoms with van der Waals surface area (Å²) in [6.07, 6.45) is 0. The van der Waals surface area contributed by atoms with Crippen LogP contribution in [0.15, 0.2) is 22.7 Å². The second kappa shape index (κ2) is 4.32. The second-order valence-corrected chi connectivity index (χ2v) is 4.55. The van der Waals surface area contributed by atoms with Gasteiger partial charge in [0.05, 0.1) is 5.69 Å². The minimum atomic E-state index is 1.08. The fourth-order valence-electron chi connectivity index (χ4n) is 1.77. The predicted molar refractivity (Wildman–Crippen MR) is 64.0 cm³/mol. The summed E-state index contributed by atoms with van der Waals surface area (Å²) in [6.45, 7) is 6.50. The van der Waals surface area contributed by atoms with Crippen LogP contribution in [-0.2, 0) is 0 Å². The quantitative estimate of drug-likeness (QED) is 0.827. The van der Waals surface area contributed by atoms with Crippen molar-refractivity contribution in [2.75, 3.05) is 31.1 Å². The molecule has 1 aromatic carbocycles. The molecule has 0 amide bonds. The van der Waals surface area contributed by atoms with Crippen LogP contribution in [0.1, 0.15) is 5.56 Å². The van der Waals surface area contributed by atoms with Crippen LogP contribution in [0.2, 0.25) is 0 Å². The zero-order valence-corrected chi connectivity index (χ0v) is 9.97. The van der Waals surface area contributed by atoms with E-state index in [4.69, 9.17) is 0 Å². The first-order valence-corrected chi connectivity index (χ1v) is 5.78. The van der Waals surface area contributed by atoms with Gasteiger partial charge in [-0.1, -0.05) is 6.07 Å². The SMILES string of the molecule is Cc1ccc(Br)c(N2CCNCC2)c1. The van der Waals surface area contributed by atoms with E-state index in [1.165, 1.54) is 15.7 Å². The average molecular weight is 255 g/mol. The molecular weight excluding hydrogens is 240 g/mol. The van der Waals surface area contributed by atoms with E-state index in [2.05, 4.69) is 51.3 Å². The van der Waals surface area contributed by atoms with Crippen LogP contribution < -0.4 is 10.2 Å². The van der Waals surface area contributed by atoms with E-state index < -0.39 is 0 Å². The van der Waals surface area contributed by atoms with Crippen LogP contribution in [0, 0.1) is 6.92 Å². The highest BCUT2D eigenvalue weighted by Gasteiger charge is 2.12. The van der Waals surface area contributed by atoms with E-state index in [0.29, 0.717) is 0 Å². The fraction of sp³-hybridized carbons (Fsp3) is 0.455. The maximum Gasteiger partial charge on any atom is 0.0514 e. The Hall–Kier alpha value is -0.540. The molecule has 0 spiro atoms. The first-order valence-electron chi connectivity index (χ1n) is 4.99. The van der Waals surface area contributed by atoms with E-state index in [0.717, 1.165) is 26.2 Å². The van der Waals surface area contributed by atoms with Crippen molar-refractivity contribution in [2.45, 2.75) is 6.92 Å². The van der Waals surface area contributed by atoms with Crippen LogP contribution in [0.4, 0.5) is 5.69 Å². The van der Waals surface area contributed by atoms with Crippen molar-refractivity contribution in [1.29, 1.82) is 0 Å². The number of nitrogens with one attached hydrogen (secondary N) is 1. The molecule has 1 aromatic rings. The molecule has 0 aliphatic carbocycles. The number of benzene rings is 1. The van der Waals surface area contributed by atoms with Crippen molar-refractivity contribution in [3.05, 3.63) is 28.2 Å². The van der Waals surface area contributed by atoms with Crippen molar-refractivity contribution >= 4 is 21.6 Å². The van der Waals surface area contributed by atoms with Crippen LogP contribution in [-0.4, -0.2) is 26.2 Å². The molecule has 1 heterocycles. The third-order valence-corrected chi connectivity index (χ3v) is 3.23. The Bertz CT molecular complexity index is 319. The smallest absolute Gasteiger partial charge is 0.0514 e. The number of hydrogen-bond acceptors (Lipinski definition) is 2. The number of hydrogen-bond donors (Lipinski definition) is 1. The lowest BCUT2D eigenvalue weighted by atomic mass is 10.2. The highest BCUT2D eigenvalue weighted by molar-refractivity contribution is 9.10. The van der Waals surface area contributed by atoms with Gasteiger partial charge in [0.15, 0.2) is 0 Å². The number of rotatable bonds is 1. The molecule has 76 valence electrons. The fourth-order valence-corrected chi connectivity index (χ4v) is 2.27. The molecule has 2 nitrogen and oxygen atoms in total. The zero-order chi connectivity index (χ0) is 9.97. The number of aryl methyl sites for hydroxylation is 1. The Morgan fingerprint density at radius 1 is 1.29 bits per heavy atom. The van der Waals surface area contributed by atoms with Crippen molar-refractivity contribution in [3.8, 4) is 0 Å². The molecule has 1 saturated heterocycles. The maximum atomic E-state index is 3.60. The van der Waals surface area contributed by atoms with Gasteiger partial charge in [-0.2, -0.15) is 0 Å². The minimum Gasteiger partial charge on any atom is -0.368 e. The molecule has 0 aromatic heterocycles. The average Bonchev–Trinajstić information content (AvgIpc) is 2.23. The summed E-state index contributed by atoms with van der Waals surface area (Å²) in [4.78, 5) is 2.42. The van der Waals surface area contributed by atoms with Crippen molar-refractivity contribution in [2.24, 2.45) is 0 Å². The Kier molecular flexibility index (Phi) is 3.08. The molecule has 2 rings (SSSR count). The van der Waals surface area contributed by atoms with Gasteiger partial charge in [-0.05, 0) is 40.5 Å². The molecule has 0 atom stereocenters. The highest BCUT2D eigenvalue weighted by Crippen LogP contribution is 2.27. The van der Waals surface area contributed by atoms with Gasteiger partial charge >= 0.3 is 0 Å². The molecule has 1 N–H and O–H groups in total. The number of nitrogens with zero attached hydrogens (tertiary/aromatic N) is 1. The molecule has 3 heteroatoms. The van der Waals surface area contributed by atoms with Crippen LogP contribution >= 0.6 is 15.9 Å². The van der Waals surface area contributed by atoms with Crippen molar-refractivity contribution in [3.63, 3.8) is 0 Å². The van der Waals surface area contributed by atoms with Crippen LogP contribution in [0.25, 0.3) is 0 Å². The Balaban J connectivity index is 2.24. The van der Waals surface area contributed by atoms with Gasteiger partial charge in [-0.15, -0.1) is 0 Å². The highest BCUT2D eigenvalue weighted by atomic mass is 79.9. The zero-order valence-electron chi connectivity index (χ0n) is 8.39. The first kappa shape index (κ1) is 9.99. The largest absolute Gasteiger partial charge is 0.368 e. The third-order valence-electron chi connectivity index (χ3n) is 2.56. The van der Waals surface area contributed by atoms with Crippen molar-refractivity contribution in [1.82, 2.24) is 5.32 Å². The number of halogens is 1. The van der Waals surface area contributed by atoms with Gasteiger partial charge in [0.1, 0.15) is 0 Å². The molecular formula is C11H15BrN2.